The van der Waals surface area contributed by atoms with Gasteiger partial charge in [0.15, 0.2) is 6.61 Å². The molecule has 1 amide bonds. The van der Waals surface area contributed by atoms with Gasteiger partial charge in [0, 0.05) is 19.1 Å². The van der Waals surface area contributed by atoms with Crippen LogP contribution in [0.1, 0.15) is 10.4 Å². The Balaban J connectivity index is 1.69. The molecule has 0 aliphatic rings. The quantitative estimate of drug-likeness (QED) is 0.531. The number of amides is 1. The average molecular weight is 464 g/mol. The number of nitrogens with zero attached hydrogens (tertiary/aromatic N) is 4. The van der Waals surface area contributed by atoms with Crippen LogP contribution in [0, 0.1) is 0 Å². The zero-order chi connectivity index (χ0) is 22.6. The van der Waals surface area contributed by atoms with Crippen LogP contribution < -0.4 is 5.32 Å². The summed E-state index contributed by atoms with van der Waals surface area (Å²) in [6, 6.07) is 10.2. The topological polar surface area (TPSA) is 123 Å². The second-order valence-corrected chi connectivity index (χ2v) is 9.03. The first-order valence-corrected chi connectivity index (χ1v) is 10.6. The highest BCUT2D eigenvalue weighted by Crippen LogP contribution is 2.24. The Kier molecular flexibility index (Phi) is 6.68. The maximum atomic E-state index is 12.3. The Morgan fingerprint density at radius 3 is 2.65 bits per heavy atom. The molecule has 0 radical (unpaired) electrons. The van der Waals surface area contributed by atoms with E-state index in [-0.39, 0.29) is 10.5 Å². The molecular weight excluding hydrogens is 446 g/mol. The minimum atomic E-state index is -3.71. The summed E-state index contributed by atoms with van der Waals surface area (Å²) in [7, 11) is -0.949. The smallest absolute Gasteiger partial charge is 0.338 e. The molecule has 3 rings (SSSR count). The predicted octanol–water partition coefficient (Wildman–Crippen LogP) is 1.97. The predicted molar refractivity (Wildman–Crippen MR) is 113 cm³/mol. The van der Waals surface area contributed by atoms with E-state index in [0.717, 1.165) is 4.31 Å². The van der Waals surface area contributed by atoms with Crippen LogP contribution in [0.4, 0.5) is 5.69 Å². The second-order valence-electron chi connectivity index (χ2n) is 6.44. The van der Waals surface area contributed by atoms with Crippen LogP contribution in [0.15, 0.2) is 60.0 Å². The largest absolute Gasteiger partial charge is 0.452 e. The molecule has 162 valence electrons. The summed E-state index contributed by atoms with van der Waals surface area (Å²) in [4.78, 5) is 28.4. The van der Waals surface area contributed by atoms with Gasteiger partial charge in [-0.1, -0.05) is 17.7 Å². The van der Waals surface area contributed by atoms with Gasteiger partial charge in [-0.15, -0.1) is 0 Å². The first kappa shape index (κ1) is 22.4. The second kappa shape index (κ2) is 9.25. The van der Waals surface area contributed by atoms with Crippen molar-refractivity contribution < 1.29 is 22.7 Å². The van der Waals surface area contributed by atoms with Gasteiger partial charge in [0.05, 0.1) is 21.8 Å². The molecule has 0 fully saturated rings. The number of anilines is 1. The summed E-state index contributed by atoms with van der Waals surface area (Å²) in [5.41, 5.74) is 0.864. The number of sulfonamides is 1. The molecule has 1 N–H and O–H groups in total. The lowest BCUT2D eigenvalue weighted by Crippen LogP contribution is -2.23. The van der Waals surface area contributed by atoms with E-state index in [1.165, 1.54) is 61.8 Å². The van der Waals surface area contributed by atoms with Crippen LogP contribution in [0.3, 0.4) is 0 Å². The maximum absolute atomic E-state index is 12.3. The summed E-state index contributed by atoms with van der Waals surface area (Å²) in [5.74, 6) is -1.46. The van der Waals surface area contributed by atoms with Gasteiger partial charge in [-0.05, 0) is 36.4 Å². The third-order valence-electron chi connectivity index (χ3n) is 4.08. The van der Waals surface area contributed by atoms with E-state index in [2.05, 4.69) is 15.4 Å². The van der Waals surface area contributed by atoms with Crippen molar-refractivity contribution in [1.29, 1.82) is 0 Å². The first-order valence-electron chi connectivity index (χ1n) is 8.82. The Morgan fingerprint density at radius 2 is 1.97 bits per heavy atom. The van der Waals surface area contributed by atoms with Gasteiger partial charge >= 0.3 is 5.97 Å². The average Bonchev–Trinajstić information content (AvgIpc) is 3.26. The van der Waals surface area contributed by atoms with Crippen LogP contribution in [-0.2, 0) is 19.6 Å². The summed E-state index contributed by atoms with van der Waals surface area (Å²) in [5, 5.41) is 7.00. The Bertz CT molecular complexity index is 1210. The van der Waals surface area contributed by atoms with Crippen LogP contribution in [0.5, 0.6) is 0 Å². The summed E-state index contributed by atoms with van der Waals surface area (Å²) >= 11 is 6.01. The molecule has 0 aliphatic heterocycles. The highest BCUT2D eigenvalue weighted by Gasteiger charge is 2.20. The van der Waals surface area contributed by atoms with Crippen molar-refractivity contribution >= 4 is 39.2 Å². The number of hydrogen-bond acceptors (Lipinski definition) is 7. The van der Waals surface area contributed by atoms with Gasteiger partial charge in [0.1, 0.15) is 12.7 Å². The molecule has 12 heteroatoms. The Labute approximate surface area is 183 Å². The molecule has 31 heavy (non-hydrogen) atoms. The van der Waals surface area contributed by atoms with E-state index >= 15 is 0 Å². The number of rotatable bonds is 7. The number of carbonyl (C=O) groups is 2. The van der Waals surface area contributed by atoms with Gasteiger partial charge in [0.25, 0.3) is 5.91 Å². The fourth-order valence-electron chi connectivity index (χ4n) is 2.54. The van der Waals surface area contributed by atoms with Crippen LogP contribution in [0.2, 0.25) is 5.02 Å². The van der Waals surface area contributed by atoms with Crippen molar-refractivity contribution in [3.63, 3.8) is 0 Å². The standard InChI is InChI=1S/C19H18ClN5O5S/c1-24(2)31(28,29)15-5-3-4-13(8-15)19(27)30-10-18(26)23-16-9-14(20)6-7-17(16)25-12-21-11-22-25/h3-9,11-12H,10H2,1-2H3,(H,23,26). The molecule has 0 unspecified atom stereocenters. The van der Waals surface area contributed by atoms with Gasteiger partial charge in [-0.3, -0.25) is 4.79 Å². The minimum Gasteiger partial charge on any atom is -0.452 e. The summed E-state index contributed by atoms with van der Waals surface area (Å²) in [6.45, 7) is -0.590. The SMILES string of the molecule is CN(C)S(=O)(=O)c1cccc(C(=O)OCC(=O)Nc2cc(Cl)ccc2-n2cncn2)c1. The highest BCUT2D eigenvalue weighted by molar-refractivity contribution is 7.89. The summed E-state index contributed by atoms with van der Waals surface area (Å²) in [6.07, 6.45) is 2.79. The van der Waals surface area contributed by atoms with Crippen molar-refractivity contribution in [1.82, 2.24) is 19.1 Å². The first-order chi connectivity index (χ1) is 14.7. The lowest BCUT2D eigenvalue weighted by atomic mass is 10.2. The monoisotopic (exact) mass is 463 g/mol. The van der Waals surface area contributed by atoms with E-state index in [4.69, 9.17) is 16.3 Å². The molecule has 10 nitrogen and oxygen atoms in total. The third-order valence-corrected chi connectivity index (χ3v) is 6.13. The van der Waals surface area contributed by atoms with Gasteiger partial charge in [-0.25, -0.2) is 27.2 Å². The molecule has 0 aliphatic carbocycles. The fraction of sp³-hybridized carbons (Fsp3) is 0.158. The number of aromatic nitrogens is 3. The van der Waals surface area contributed by atoms with Crippen LogP contribution in [0.25, 0.3) is 5.69 Å². The van der Waals surface area contributed by atoms with Crippen molar-refractivity contribution in [3.05, 3.63) is 65.7 Å². The summed E-state index contributed by atoms with van der Waals surface area (Å²) < 4.78 is 31.9. The van der Waals surface area contributed by atoms with Crippen molar-refractivity contribution in [2.75, 3.05) is 26.0 Å². The zero-order valence-electron chi connectivity index (χ0n) is 16.5. The minimum absolute atomic E-state index is 0.00165. The molecule has 0 bridgehead atoms. The molecule has 3 aromatic rings. The van der Waals surface area contributed by atoms with E-state index in [1.807, 2.05) is 0 Å². The molecule has 0 saturated heterocycles. The molecule has 0 spiro atoms. The van der Waals surface area contributed by atoms with Crippen molar-refractivity contribution in [2.45, 2.75) is 4.90 Å². The Hall–Kier alpha value is -3.28. The lowest BCUT2D eigenvalue weighted by Gasteiger charge is -2.13. The highest BCUT2D eigenvalue weighted by atomic mass is 35.5. The zero-order valence-corrected chi connectivity index (χ0v) is 18.1. The third kappa shape index (κ3) is 5.26. The van der Waals surface area contributed by atoms with Crippen molar-refractivity contribution in [2.24, 2.45) is 0 Å². The van der Waals surface area contributed by atoms with E-state index in [1.54, 1.807) is 12.1 Å². The molecule has 1 aromatic heterocycles. The molecule has 1 heterocycles. The van der Waals surface area contributed by atoms with Gasteiger partial charge in [0.2, 0.25) is 10.0 Å². The fourth-order valence-corrected chi connectivity index (χ4v) is 3.66. The van der Waals surface area contributed by atoms with E-state index < -0.39 is 28.5 Å². The number of halogens is 1. The normalized spacial score (nSPS) is 11.4. The maximum Gasteiger partial charge on any atom is 0.338 e. The number of nitrogens with one attached hydrogen (secondary N) is 1. The van der Waals surface area contributed by atoms with Gasteiger partial charge < -0.3 is 10.1 Å². The van der Waals surface area contributed by atoms with Crippen LogP contribution in [-0.4, -0.2) is 60.1 Å². The molecular formula is C19H18ClN5O5S. The van der Waals surface area contributed by atoms with E-state index in [0.29, 0.717) is 16.4 Å². The van der Waals surface area contributed by atoms with Gasteiger partial charge in [-0.2, -0.15) is 5.10 Å². The lowest BCUT2D eigenvalue weighted by molar-refractivity contribution is -0.119. The molecule has 0 saturated carbocycles. The molecule has 2 aromatic carbocycles. The number of carbonyl (C=O) groups excluding carboxylic acids is 2. The number of esters is 1. The van der Waals surface area contributed by atoms with E-state index in [9.17, 15) is 18.0 Å². The number of hydrogen-bond donors (Lipinski definition) is 1. The number of ether oxygens (including phenoxy) is 1. The number of benzene rings is 2. The van der Waals surface area contributed by atoms with Crippen molar-refractivity contribution in [3.8, 4) is 5.69 Å². The Morgan fingerprint density at radius 1 is 1.19 bits per heavy atom. The molecule has 0 atom stereocenters. The van der Waals surface area contributed by atoms with Crippen LogP contribution >= 0.6 is 11.6 Å².